The number of nitrogens with zero attached hydrogens (tertiary/aromatic N) is 1. The fraction of sp³-hybridized carbons (Fsp3) is 0.182. The molecule has 2 aromatic carbocycles. The van der Waals surface area contributed by atoms with Gasteiger partial charge < -0.3 is 15.4 Å². The zero-order chi connectivity index (χ0) is 19.2. The minimum atomic E-state index is -0.0662. The van der Waals surface area contributed by atoms with Gasteiger partial charge in [-0.3, -0.25) is 4.79 Å². The van der Waals surface area contributed by atoms with E-state index in [4.69, 9.17) is 4.74 Å². The van der Waals surface area contributed by atoms with Crippen LogP contribution in [0.2, 0.25) is 0 Å². The van der Waals surface area contributed by atoms with Gasteiger partial charge in [-0.05, 0) is 49.2 Å². The Kier molecular flexibility index (Phi) is 5.71. The third-order valence-corrected chi connectivity index (χ3v) is 4.11. The molecule has 0 aliphatic rings. The molecule has 138 valence electrons. The van der Waals surface area contributed by atoms with Crippen molar-refractivity contribution in [2.24, 2.45) is 0 Å². The van der Waals surface area contributed by atoms with Crippen molar-refractivity contribution >= 4 is 23.1 Å². The number of anilines is 3. The molecule has 0 radical (unpaired) electrons. The summed E-state index contributed by atoms with van der Waals surface area (Å²) in [5.41, 5.74) is 4.77. The van der Waals surface area contributed by atoms with E-state index in [1.165, 1.54) is 0 Å². The van der Waals surface area contributed by atoms with Crippen LogP contribution in [0.5, 0.6) is 5.75 Å². The minimum absolute atomic E-state index is 0.0662. The predicted molar refractivity (Wildman–Crippen MR) is 109 cm³/mol. The second-order valence-corrected chi connectivity index (χ2v) is 6.47. The first-order chi connectivity index (χ1) is 13.0. The number of benzene rings is 2. The molecule has 1 aromatic heterocycles. The van der Waals surface area contributed by atoms with E-state index in [1.54, 1.807) is 13.3 Å². The van der Waals surface area contributed by atoms with Gasteiger partial charge in [-0.15, -0.1) is 0 Å². The maximum absolute atomic E-state index is 12.2. The highest BCUT2D eigenvalue weighted by Crippen LogP contribution is 2.28. The number of amides is 1. The zero-order valence-corrected chi connectivity index (χ0v) is 15.7. The SMILES string of the molecule is COc1ccc(C)cc1Nc1ccc(NC(=O)Cc2cccc(C)c2)cn1. The average molecular weight is 361 g/mol. The van der Waals surface area contributed by atoms with Crippen LogP contribution >= 0.6 is 0 Å². The van der Waals surface area contributed by atoms with Crippen LogP contribution in [0.4, 0.5) is 17.2 Å². The van der Waals surface area contributed by atoms with E-state index >= 15 is 0 Å². The predicted octanol–water partition coefficient (Wildman–Crippen LogP) is 4.63. The minimum Gasteiger partial charge on any atom is -0.495 e. The first-order valence-electron chi connectivity index (χ1n) is 8.76. The molecule has 0 unspecified atom stereocenters. The molecule has 0 bridgehead atoms. The number of methoxy groups -OCH3 is 1. The van der Waals surface area contributed by atoms with Gasteiger partial charge in [0.1, 0.15) is 11.6 Å². The van der Waals surface area contributed by atoms with Crippen molar-refractivity contribution in [2.45, 2.75) is 20.3 Å². The highest BCUT2D eigenvalue weighted by molar-refractivity contribution is 5.92. The highest BCUT2D eigenvalue weighted by atomic mass is 16.5. The molecule has 1 amide bonds. The average Bonchev–Trinajstić information content (AvgIpc) is 2.63. The topological polar surface area (TPSA) is 63.2 Å². The molecule has 0 aliphatic heterocycles. The number of hydrogen-bond acceptors (Lipinski definition) is 4. The van der Waals surface area contributed by atoms with Crippen LogP contribution in [0.15, 0.2) is 60.8 Å². The normalized spacial score (nSPS) is 10.3. The Morgan fingerprint density at radius 2 is 1.85 bits per heavy atom. The van der Waals surface area contributed by atoms with Crippen LogP contribution < -0.4 is 15.4 Å². The van der Waals surface area contributed by atoms with Gasteiger partial charge in [-0.2, -0.15) is 0 Å². The number of aryl methyl sites for hydroxylation is 2. The third kappa shape index (κ3) is 5.07. The number of pyridine rings is 1. The van der Waals surface area contributed by atoms with Gasteiger partial charge in [0.2, 0.25) is 5.91 Å². The summed E-state index contributed by atoms with van der Waals surface area (Å²) in [6.45, 7) is 4.03. The van der Waals surface area contributed by atoms with Crippen LogP contribution in [-0.2, 0) is 11.2 Å². The van der Waals surface area contributed by atoms with Crippen LogP contribution in [0.1, 0.15) is 16.7 Å². The van der Waals surface area contributed by atoms with Crippen LogP contribution in [0.25, 0.3) is 0 Å². The summed E-state index contributed by atoms with van der Waals surface area (Å²) < 4.78 is 5.37. The Labute approximate surface area is 159 Å². The summed E-state index contributed by atoms with van der Waals surface area (Å²) in [6, 6.07) is 17.5. The summed E-state index contributed by atoms with van der Waals surface area (Å²) >= 11 is 0. The van der Waals surface area contributed by atoms with Crippen molar-refractivity contribution in [2.75, 3.05) is 17.7 Å². The number of aromatic nitrogens is 1. The fourth-order valence-corrected chi connectivity index (χ4v) is 2.81. The van der Waals surface area contributed by atoms with Gasteiger partial charge >= 0.3 is 0 Å². The van der Waals surface area contributed by atoms with Gasteiger partial charge in [0, 0.05) is 0 Å². The molecule has 5 heteroatoms. The molecule has 3 aromatic rings. The van der Waals surface area contributed by atoms with E-state index in [9.17, 15) is 4.79 Å². The molecule has 1 heterocycles. The van der Waals surface area contributed by atoms with Crippen molar-refractivity contribution in [3.05, 3.63) is 77.5 Å². The number of carbonyl (C=O) groups excluding carboxylic acids is 1. The summed E-state index contributed by atoms with van der Waals surface area (Å²) in [4.78, 5) is 16.6. The molecular weight excluding hydrogens is 338 g/mol. The second kappa shape index (κ2) is 8.36. The van der Waals surface area contributed by atoms with Crippen LogP contribution in [0.3, 0.4) is 0 Å². The zero-order valence-electron chi connectivity index (χ0n) is 15.7. The standard InChI is InChI=1S/C22H23N3O2/c1-15-5-4-6-17(11-15)13-22(26)24-18-8-10-21(23-14-18)25-19-12-16(2)7-9-20(19)27-3/h4-12,14H,13H2,1-3H3,(H,23,25)(H,24,26). The molecular formula is C22H23N3O2. The van der Waals surface area contributed by atoms with Crippen LogP contribution in [-0.4, -0.2) is 18.0 Å². The monoisotopic (exact) mass is 361 g/mol. The van der Waals surface area contributed by atoms with Crippen molar-refractivity contribution in [1.29, 1.82) is 0 Å². The van der Waals surface area contributed by atoms with E-state index in [-0.39, 0.29) is 5.91 Å². The molecule has 0 atom stereocenters. The molecule has 27 heavy (non-hydrogen) atoms. The molecule has 3 rings (SSSR count). The number of nitrogens with one attached hydrogen (secondary N) is 2. The molecule has 0 fully saturated rings. The number of rotatable bonds is 6. The number of carbonyl (C=O) groups is 1. The Bertz CT molecular complexity index is 937. The lowest BCUT2D eigenvalue weighted by Crippen LogP contribution is -2.14. The quantitative estimate of drug-likeness (QED) is 0.672. The van der Waals surface area contributed by atoms with Gasteiger partial charge in [-0.1, -0.05) is 35.9 Å². The molecule has 0 aliphatic carbocycles. The molecule has 0 saturated carbocycles. The molecule has 0 spiro atoms. The largest absolute Gasteiger partial charge is 0.495 e. The van der Waals surface area contributed by atoms with Crippen molar-refractivity contribution < 1.29 is 9.53 Å². The van der Waals surface area contributed by atoms with Crippen molar-refractivity contribution in [1.82, 2.24) is 4.98 Å². The molecule has 5 nitrogen and oxygen atoms in total. The number of ether oxygens (including phenoxy) is 1. The van der Waals surface area contributed by atoms with Crippen molar-refractivity contribution in [3.8, 4) is 5.75 Å². The summed E-state index contributed by atoms with van der Waals surface area (Å²) in [6.07, 6.45) is 1.97. The number of hydrogen-bond donors (Lipinski definition) is 2. The first kappa shape index (κ1) is 18.5. The van der Waals surface area contributed by atoms with E-state index in [0.29, 0.717) is 17.9 Å². The third-order valence-electron chi connectivity index (χ3n) is 4.11. The van der Waals surface area contributed by atoms with E-state index in [0.717, 1.165) is 28.1 Å². The van der Waals surface area contributed by atoms with Crippen LogP contribution in [0, 0.1) is 13.8 Å². The van der Waals surface area contributed by atoms with Crippen molar-refractivity contribution in [3.63, 3.8) is 0 Å². The smallest absolute Gasteiger partial charge is 0.228 e. The first-order valence-corrected chi connectivity index (χ1v) is 8.76. The maximum atomic E-state index is 12.2. The lowest BCUT2D eigenvalue weighted by Gasteiger charge is -2.12. The lowest BCUT2D eigenvalue weighted by molar-refractivity contribution is -0.115. The Morgan fingerprint density at radius 1 is 1.04 bits per heavy atom. The summed E-state index contributed by atoms with van der Waals surface area (Å²) in [7, 11) is 1.64. The molecule has 0 saturated heterocycles. The van der Waals surface area contributed by atoms with E-state index < -0.39 is 0 Å². The maximum Gasteiger partial charge on any atom is 0.228 e. The van der Waals surface area contributed by atoms with Gasteiger partial charge in [0.05, 0.1) is 31.1 Å². The Morgan fingerprint density at radius 3 is 2.56 bits per heavy atom. The Hall–Kier alpha value is -3.34. The van der Waals surface area contributed by atoms with Gasteiger partial charge in [0.15, 0.2) is 0 Å². The Balaban J connectivity index is 1.63. The highest BCUT2D eigenvalue weighted by Gasteiger charge is 2.07. The second-order valence-electron chi connectivity index (χ2n) is 6.47. The van der Waals surface area contributed by atoms with E-state index in [2.05, 4.69) is 15.6 Å². The summed E-state index contributed by atoms with van der Waals surface area (Å²) in [5, 5.41) is 6.12. The van der Waals surface area contributed by atoms with E-state index in [1.807, 2.05) is 68.4 Å². The lowest BCUT2D eigenvalue weighted by atomic mass is 10.1. The fourth-order valence-electron chi connectivity index (χ4n) is 2.81. The van der Waals surface area contributed by atoms with Gasteiger partial charge in [-0.25, -0.2) is 4.98 Å². The molecule has 2 N–H and O–H groups in total. The van der Waals surface area contributed by atoms with Gasteiger partial charge in [0.25, 0.3) is 0 Å². The summed E-state index contributed by atoms with van der Waals surface area (Å²) in [5.74, 6) is 1.36.